The lowest BCUT2D eigenvalue weighted by atomic mass is 9.95. The van der Waals surface area contributed by atoms with E-state index in [1.54, 1.807) is 0 Å². The number of nitrogens with two attached hydrogens (primary N) is 1. The van der Waals surface area contributed by atoms with Crippen LogP contribution >= 0.6 is 0 Å². The number of fused-ring (bicyclic) bond motifs is 1. The lowest BCUT2D eigenvalue weighted by molar-refractivity contribution is 1.23. The van der Waals surface area contributed by atoms with Crippen LogP contribution in [0.3, 0.4) is 0 Å². The van der Waals surface area contributed by atoms with Crippen LogP contribution in [0.2, 0.25) is 0 Å². The zero-order valence-electron chi connectivity index (χ0n) is 14.2. The molecule has 0 amide bonds. The quantitative estimate of drug-likeness (QED) is 0.586. The third-order valence-electron chi connectivity index (χ3n) is 4.43. The number of nitrogens with zero attached hydrogens (tertiary/aromatic N) is 3. The molecule has 0 radical (unpaired) electrons. The van der Waals surface area contributed by atoms with Crippen molar-refractivity contribution in [2.45, 2.75) is 13.8 Å². The minimum Gasteiger partial charge on any atom is -0.383 e. The topological polar surface area (TPSA) is 64.7 Å². The molecule has 0 unspecified atom stereocenters. The SMILES string of the molecule is Cc1ccc(C)c(-c2ncccc2-c2ccc3ncnc(N)c3c2)c1. The highest BCUT2D eigenvalue weighted by Crippen LogP contribution is 2.34. The summed E-state index contributed by atoms with van der Waals surface area (Å²) in [6.07, 6.45) is 3.32. The maximum Gasteiger partial charge on any atom is 0.134 e. The van der Waals surface area contributed by atoms with Crippen LogP contribution in [0.5, 0.6) is 0 Å². The van der Waals surface area contributed by atoms with Crippen LogP contribution in [0, 0.1) is 13.8 Å². The van der Waals surface area contributed by atoms with Gasteiger partial charge in [-0.3, -0.25) is 4.98 Å². The zero-order valence-corrected chi connectivity index (χ0v) is 14.2. The summed E-state index contributed by atoms with van der Waals surface area (Å²) in [4.78, 5) is 13.0. The summed E-state index contributed by atoms with van der Waals surface area (Å²) >= 11 is 0. The maximum atomic E-state index is 6.03. The van der Waals surface area contributed by atoms with E-state index < -0.39 is 0 Å². The molecule has 122 valence electrons. The Labute approximate surface area is 146 Å². The Hall–Kier alpha value is -3.27. The standard InChI is InChI=1S/C21H18N4/c1-13-5-6-14(2)17(10-13)20-16(4-3-9-23-20)15-7-8-19-18(11-15)21(22)25-12-24-19/h3-12H,1-2H3,(H2,22,24,25). The highest BCUT2D eigenvalue weighted by Gasteiger charge is 2.12. The molecule has 0 spiro atoms. The van der Waals surface area contributed by atoms with Crippen LogP contribution in [0.25, 0.3) is 33.3 Å². The van der Waals surface area contributed by atoms with Crippen molar-refractivity contribution in [3.05, 3.63) is 72.2 Å². The highest BCUT2D eigenvalue weighted by molar-refractivity contribution is 5.93. The van der Waals surface area contributed by atoms with Gasteiger partial charge >= 0.3 is 0 Å². The van der Waals surface area contributed by atoms with Crippen LogP contribution in [0.15, 0.2) is 61.1 Å². The average Bonchev–Trinajstić information content (AvgIpc) is 2.64. The predicted molar refractivity (Wildman–Crippen MR) is 102 cm³/mol. The van der Waals surface area contributed by atoms with Gasteiger partial charge in [-0.25, -0.2) is 9.97 Å². The normalized spacial score (nSPS) is 11.0. The molecular weight excluding hydrogens is 308 g/mol. The summed E-state index contributed by atoms with van der Waals surface area (Å²) in [5, 5.41) is 0.857. The molecule has 2 aromatic carbocycles. The molecule has 2 heterocycles. The molecule has 0 saturated heterocycles. The number of hydrogen-bond donors (Lipinski definition) is 1. The number of pyridine rings is 1. The molecule has 2 aromatic heterocycles. The second-order valence-corrected chi connectivity index (χ2v) is 6.21. The number of hydrogen-bond acceptors (Lipinski definition) is 4. The van der Waals surface area contributed by atoms with Gasteiger partial charge in [0.05, 0.1) is 11.2 Å². The summed E-state index contributed by atoms with van der Waals surface area (Å²) in [6.45, 7) is 4.21. The Bertz CT molecular complexity index is 1090. The van der Waals surface area contributed by atoms with E-state index in [2.05, 4.69) is 59.1 Å². The van der Waals surface area contributed by atoms with Crippen LogP contribution in [-0.2, 0) is 0 Å². The largest absolute Gasteiger partial charge is 0.383 e. The first-order valence-electron chi connectivity index (χ1n) is 8.17. The summed E-state index contributed by atoms with van der Waals surface area (Å²) in [5.74, 6) is 0.490. The zero-order chi connectivity index (χ0) is 17.4. The number of aryl methyl sites for hydroxylation is 2. The molecule has 4 heteroatoms. The second kappa shape index (κ2) is 5.98. The third kappa shape index (κ3) is 2.72. The molecule has 4 nitrogen and oxygen atoms in total. The molecule has 0 bridgehead atoms. The number of benzene rings is 2. The molecule has 0 atom stereocenters. The molecule has 0 fully saturated rings. The average molecular weight is 326 g/mol. The first-order chi connectivity index (χ1) is 12.1. The molecule has 0 saturated carbocycles. The fourth-order valence-corrected chi connectivity index (χ4v) is 3.09. The van der Waals surface area contributed by atoms with Gasteiger partial charge < -0.3 is 5.73 Å². The van der Waals surface area contributed by atoms with E-state index in [1.165, 1.54) is 17.5 Å². The lowest BCUT2D eigenvalue weighted by Gasteiger charge is -2.13. The van der Waals surface area contributed by atoms with Gasteiger partial charge in [0.25, 0.3) is 0 Å². The van der Waals surface area contributed by atoms with E-state index in [0.717, 1.165) is 33.3 Å². The first kappa shape index (κ1) is 15.3. The van der Waals surface area contributed by atoms with Crippen molar-refractivity contribution < 1.29 is 0 Å². The molecule has 25 heavy (non-hydrogen) atoms. The van der Waals surface area contributed by atoms with Gasteiger partial charge in [-0.05, 0) is 49.2 Å². The first-order valence-corrected chi connectivity index (χ1v) is 8.17. The molecule has 4 rings (SSSR count). The molecule has 2 N–H and O–H groups in total. The van der Waals surface area contributed by atoms with Crippen LogP contribution in [0.1, 0.15) is 11.1 Å². The number of anilines is 1. The van der Waals surface area contributed by atoms with Crippen molar-refractivity contribution in [2.75, 3.05) is 5.73 Å². The maximum absolute atomic E-state index is 6.03. The molecule has 0 aliphatic carbocycles. The van der Waals surface area contributed by atoms with Crippen molar-refractivity contribution in [1.82, 2.24) is 15.0 Å². The van der Waals surface area contributed by atoms with E-state index in [0.29, 0.717) is 5.82 Å². The van der Waals surface area contributed by atoms with Gasteiger partial charge in [0.1, 0.15) is 12.1 Å². The Balaban J connectivity index is 1.96. The minimum atomic E-state index is 0.490. The van der Waals surface area contributed by atoms with Gasteiger partial charge in [0.15, 0.2) is 0 Å². The van der Waals surface area contributed by atoms with Crippen molar-refractivity contribution in [3.63, 3.8) is 0 Å². The van der Waals surface area contributed by atoms with Crippen molar-refractivity contribution in [3.8, 4) is 22.4 Å². The second-order valence-electron chi connectivity index (χ2n) is 6.21. The number of rotatable bonds is 2. The molecular formula is C21H18N4. The summed E-state index contributed by atoms with van der Waals surface area (Å²) in [6, 6.07) is 16.5. The van der Waals surface area contributed by atoms with E-state index >= 15 is 0 Å². The van der Waals surface area contributed by atoms with Gasteiger partial charge in [-0.15, -0.1) is 0 Å². The number of aromatic nitrogens is 3. The Morgan fingerprint density at radius 3 is 2.60 bits per heavy atom. The van der Waals surface area contributed by atoms with Gasteiger partial charge in [-0.2, -0.15) is 0 Å². The van der Waals surface area contributed by atoms with Gasteiger partial charge in [-0.1, -0.05) is 29.8 Å². The van der Waals surface area contributed by atoms with Gasteiger partial charge in [0, 0.05) is 22.7 Å². The molecule has 4 aromatic rings. The van der Waals surface area contributed by atoms with Crippen molar-refractivity contribution in [2.24, 2.45) is 0 Å². The summed E-state index contributed by atoms with van der Waals surface area (Å²) in [7, 11) is 0. The summed E-state index contributed by atoms with van der Waals surface area (Å²) in [5.41, 5.74) is 13.5. The Morgan fingerprint density at radius 2 is 1.72 bits per heavy atom. The lowest BCUT2D eigenvalue weighted by Crippen LogP contribution is -1.95. The number of nitrogen functional groups attached to an aromatic ring is 1. The van der Waals surface area contributed by atoms with Crippen LogP contribution in [0.4, 0.5) is 5.82 Å². The monoisotopic (exact) mass is 326 g/mol. The highest BCUT2D eigenvalue weighted by atomic mass is 14.9. The third-order valence-corrected chi connectivity index (χ3v) is 4.43. The molecule has 0 aliphatic rings. The van der Waals surface area contributed by atoms with Gasteiger partial charge in [0.2, 0.25) is 0 Å². The summed E-state index contributed by atoms with van der Waals surface area (Å²) < 4.78 is 0. The van der Waals surface area contributed by atoms with Crippen LogP contribution < -0.4 is 5.73 Å². The van der Waals surface area contributed by atoms with Crippen LogP contribution in [-0.4, -0.2) is 15.0 Å². The molecule has 0 aliphatic heterocycles. The van der Waals surface area contributed by atoms with E-state index in [9.17, 15) is 0 Å². The minimum absolute atomic E-state index is 0.490. The predicted octanol–water partition coefficient (Wildman–Crippen LogP) is 4.56. The van der Waals surface area contributed by atoms with Crippen molar-refractivity contribution >= 4 is 16.7 Å². The van der Waals surface area contributed by atoms with E-state index in [-0.39, 0.29) is 0 Å². The Morgan fingerprint density at radius 1 is 0.840 bits per heavy atom. The fraction of sp³-hybridized carbons (Fsp3) is 0.0952. The van der Waals surface area contributed by atoms with Crippen molar-refractivity contribution in [1.29, 1.82) is 0 Å². The fourth-order valence-electron chi connectivity index (χ4n) is 3.09. The Kier molecular flexibility index (Phi) is 3.65. The smallest absolute Gasteiger partial charge is 0.134 e. The van der Waals surface area contributed by atoms with E-state index in [4.69, 9.17) is 5.73 Å². The van der Waals surface area contributed by atoms with E-state index in [1.807, 2.05) is 24.4 Å².